The first-order valence-electron chi connectivity index (χ1n) is 8.80. The van der Waals surface area contributed by atoms with Crippen molar-refractivity contribution >= 4 is 39.2 Å². The normalized spacial score (nSPS) is 13.6. The molecule has 9 nitrogen and oxygen atoms in total. The van der Waals surface area contributed by atoms with Gasteiger partial charge >= 0.3 is 5.97 Å². The topological polar surface area (TPSA) is 120 Å². The number of carbonyl (C=O) groups excluding carboxylic acids is 2. The summed E-state index contributed by atoms with van der Waals surface area (Å²) in [6.45, 7) is 2.66. The Morgan fingerprint density at radius 1 is 1.20 bits per heavy atom. The van der Waals surface area contributed by atoms with E-state index in [9.17, 15) is 18.0 Å². The van der Waals surface area contributed by atoms with Crippen LogP contribution >= 0.6 is 11.6 Å². The van der Waals surface area contributed by atoms with Gasteiger partial charge in [0.05, 0.1) is 9.92 Å². The SMILES string of the molecule is CC(=O)Nc1ccc(S(=O)(=O)N[C@H](C)C(=O)OCc2cc(Cl)c3c(c2)OCO3)cc1. The highest BCUT2D eigenvalue weighted by molar-refractivity contribution is 7.89. The van der Waals surface area contributed by atoms with E-state index in [1.165, 1.54) is 38.1 Å². The Balaban J connectivity index is 1.59. The Kier molecular flexibility index (Phi) is 6.49. The minimum absolute atomic E-state index is 0.0567. The quantitative estimate of drug-likeness (QED) is 0.616. The van der Waals surface area contributed by atoms with Crippen LogP contribution in [0.2, 0.25) is 5.02 Å². The second kappa shape index (κ2) is 8.90. The maximum Gasteiger partial charge on any atom is 0.324 e. The van der Waals surface area contributed by atoms with Crippen LogP contribution in [0.1, 0.15) is 19.4 Å². The number of esters is 1. The number of rotatable bonds is 7. The molecule has 2 aromatic rings. The average Bonchev–Trinajstić information content (AvgIpc) is 3.15. The van der Waals surface area contributed by atoms with E-state index in [-0.39, 0.29) is 24.2 Å². The number of ether oxygens (including phenoxy) is 3. The van der Waals surface area contributed by atoms with E-state index in [4.69, 9.17) is 25.8 Å². The lowest BCUT2D eigenvalue weighted by Gasteiger charge is -2.14. The van der Waals surface area contributed by atoms with Gasteiger partial charge in [-0.2, -0.15) is 4.72 Å². The van der Waals surface area contributed by atoms with Crippen molar-refractivity contribution in [2.24, 2.45) is 0 Å². The third-order valence-corrected chi connectivity index (χ3v) is 5.88. The zero-order valence-electron chi connectivity index (χ0n) is 16.1. The van der Waals surface area contributed by atoms with Crippen molar-refractivity contribution in [3.8, 4) is 11.5 Å². The second-order valence-corrected chi connectivity index (χ2v) is 8.59. The van der Waals surface area contributed by atoms with Gasteiger partial charge in [-0.15, -0.1) is 0 Å². The van der Waals surface area contributed by atoms with Crippen LogP contribution in [0.25, 0.3) is 0 Å². The molecule has 1 atom stereocenters. The summed E-state index contributed by atoms with van der Waals surface area (Å²) in [6, 6.07) is 7.61. The van der Waals surface area contributed by atoms with Gasteiger partial charge in [0, 0.05) is 12.6 Å². The Labute approximate surface area is 178 Å². The van der Waals surface area contributed by atoms with Crippen LogP contribution in [0.5, 0.6) is 11.5 Å². The molecule has 3 rings (SSSR count). The summed E-state index contributed by atoms with van der Waals surface area (Å²) in [6.07, 6.45) is 0. The monoisotopic (exact) mass is 454 g/mol. The van der Waals surface area contributed by atoms with Gasteiger partial charge in [0.15, 0.2) is 11.5 Å². The van der Waals surface area contributed by atoms with E-state index >= 15 is 0 Å². The van der Waals surface area contributed by atoms with Gasteiger partial charge in [0.2, 0.25) is 22.7 Å². The van der Waals surface area contributed by atoms with Gasteiger partial charge in [0.1, 0.15) is 12.6 Å². The molecular weight excluding hydrogens is 436 g/mol. The standard InChI is InChI=1S/C19H19ClN2O7S/c1-11(22-30(25,26)15-5-3-14(4-6-15)21-12(2)23)19(24)27-9-13-7-16(20)18-17(8-13)28-10-29-18/h3-8,11,22H,9-10H2,1-2H3,(H,21,23)/t11-/m1/s1. The van der Waals surface area contributed by atoms with Crippen molar-refractivity contribution < 1.29 is 32.2 Å². The van der Waals surface area contributed by atoms with E-state index < -0.39 is 22.0 Å². The zero-order valence-corrected chi connectivity index (χ0v) is 17.7. The predicted octanol–water partition coefficient (Wildman–Crippen LogP) is 2.44. The largest absolute Gasteiger partial charge is 0.460 e. The number of nitrogens with one attached hydrogen (secondary N) is 2. The molecule has 0 spiro atoms. The number of anilines is 1. The maximum absolute atomic E-state index is 12.5. The molecule has 2 aromatic carbocycles. The van der Waals surface area contributed by atoms with E-state index in [1.807, 2.05) is 0 Å². The average molecular weight is 455 g/mol. The van der Waals surface area contributed by atoms with E-state index in [0.29, 0.717) is 27.8 Å². The number of halogens is 1. The highest BCUT2D eigenvalue weighted by atomic mass is 35.5. The second-order valence-electron chi connectivity index (χ2n) is 6.47. The van der Waals surface area contributed by atoms with Gasteiger partial charge in [-0.1, -0.05) is 11.6 Å². The fourth-order valence-electron chi connectivity index (χ4n) is 2.65. The van der Waals surface area contributed by atoms with Crippen molar-refractivity contribution in [3.05, 3.63) is 47.0 Å². The highest BCUT2D eigenvalue weighted by Crippen LogP contribution is 2.39. The third kappa shape index (κ3) is 5.21. The first-order chi connectivity index (χ1) is 14.2. The summed E-state index contributed by atoms with van der Waals surface area (Å²) in [5.41, 5.74) is 1.03. The van der Waals surface area contributed by atoms with Crippen LogP contribution in [0.3, 0.4) is 0 Å². The zero-order chi connectivity index (χ0) is 21.9. The van der Waals surface area contributed by atoms with Gasteiger partial charge in [0.25, 0.3) is 0 Å². The lowest BCUT2D eigenvalue weighted by molar-refractivity contribution is -0.146. The first-order valence-corrected chi connectivity index (χ1v) is 10.7. The fraction of sp³-hybridized carbons (Fsp3) is 0.263. The Hall–Kier alpha value is -2.82. The van der Waals surface area contributed by atoms with Crippen LogP contribution in [-0.4, -0.2) is 33.1 Å². The van der Waals surface area contributed by atoms with Gasteiger partial charge in [-0.25, -0.2) is 8.42 Å². The fourth-order valence-corrected chi connectivity index (χ4v) is 4.13. The molecule has 11 heteroatoms. The maximum atomic E-state index is 12.5. The highest BCUT2D eigenvalue weighted by Gasteiger charge is 2.24. The molecule has 0 bridgehead atoms. The van der Waals surface area contributed by atoms with Crippen LogP contribution in [0.4, 0.5) is 5.69 Å². The molecule has 0 saturated carbocycles. The number of benzene rings is 2. The minimum atomic E-state index is -3.97. The molecule has 0 saturated heterocycles. The molecular formula is C19H19ClN2O7S. The van der Waals surface area contributed by atoms with Crippen molar-refractivity contribution in [2.75, 3.05) is 12.1 Å². The first kappa shape index (κ1) is 21.9. The molecule has 0 aliphatic carbocycles. The van der Waals surface area contributed by atoms with Gasteiger partial charge < -0.3 is 19.5 Å². The number of carbonyl (C=O) groups is 2. The van der Waals surface area contributed by atoms with Gasteiger partial charge in [-0.05, 0) is 48.9 Å². The van der Waals surface area contributed by atoms with Gasteiger partial charge in [-0.3, -0.25) is 9.59 Å². The minimum Gasteiger partial charge on any atom is -0.460 e. The van der Waals surface area contributed by atoms with Crippen LogP contribution in [0, 0.1) is 0 Å². The third-order valence-electron chi connectivity index (χ3n) is 4.04. The Bertz CT molecular complexity index is 1070. The molecule has 2 N–H and O–H groups in total. The summed E-state index contributed by atoms with van der Waals surface area (Å²) < 4.78 is 42.9. The number of amides is 1. The Morgan fingerprint density at radius 2 is 1.90 bits per heavy atom. The van der Waals surface area contributed by atoms with E-state index in [0.717, 1.165) is 0 Å². The van der Waals surface area contributed by atoms with Crippen molar-refractivity contribution in [2.45, 2.75) is 31.4 Å². The van der Waals surface area contributed by atoms with Crippen LogP contribution in [-0.2, 0) is 31.0 Å². The molecule has 1 aliphatic rings. The summed E-state index contributed by atoms with van der Waals surface area (Å²) in [4.78, 5) is 23.2. The molecule has 0 radical (unpaired) electrons. The molecule has 0 fully saturated rings. The number of hydrogen-bond donors (Lipinski definition) is 2. The van der Waals surface area contributed by atoms with Crippen molar-refractivity contribution in [1.82, 2.24) is 4.72 Å². The summed E-state index contributed by atoms with van der Waals surface area (Å²) in [7, 11) is -3.97. The number of fused-ring (bicyclic) bond motifs is 1. The lowest BCUT2D eigenvalue weighted by atomic mass is 10.2. The predicted molar refractivity (Wildman–Crippen MR) is 108 cm³/mol. The van der Waals surface area contributed by atoms with E-state index in [2.05, 4.69) is 10.0 Å². The molecule has 160 valence electrons. The molecule has 0 unspecified atom stereocenters. The summed E-state index contributed by atoms with van der Waals surface area (Å²) >= 11 is 6.09. The van der Waals surface area contributed by atoms with Crippen molar-refractivity contribution in [3.63, 3.8) is 0 Å². The molecule has 1 aliphatic heterocycles. The molecule has 1 heterocycles. The van der Waals surface area contributed by atoms with Crippen LogP contribution < -0.4 is 19.5 Å². The summed E-state index contributed by atoms with van der Waals surface area (Å²) in [5.74, 6) is -0.159. The summed E-state index contributed by atoms with van der Waals surface area (Å²) in [5, 5.41) is 2.87. The number of hydrogen-bond acceptors (Lipinski definition) is 7. The van der Waals surface area contributed by atoms with Crippen LogP contribution in [0.15, 0.2) is 41.3 Å². The lowest BCUT2D eigenvalue weighted by Crippen LogP contribution is -2.39. The number of sulfonamides is 1. The van der Waals surface area contributed by atoms with E-state index in [1.54, 1.807) is 12.1 Å². The Morgan fingerprint density at radius 3 is 2.57 bits per heavy atom. The molecule has 30 heavy (non-hydrogen) atoms. The molecule has 1 amide bonds. The smallest absolute Gasteiger partial charge is 0.324 e. The van der Waals surface area contributed by atoms with Crippen molar-refractivity contribution in [1.29, 1.82) is 0 Å². The molecule has 0 aromatic heterocycles.